The molecule has 0 amide bonds. The SMILES string of the molecule is Cc1cc(C)c2c(c1C)C1(OC(=O)c3ccccc31)c1ccc(Nc3ccc(N(C)C)cc3)cc1O2. The number of nitrogens with zero attached hydrogens (tertiary/aromatic N) is 1. The summed E-state index contributed by atoms with van der Waals surface area (Å²) < 4.78 is 12.9. The van der Waals surface area contributed by atoms with Crippen molar-refractivity contribution in [2.75, 3.05) is 24.3 Å². The molecule has 1 N–H and O–H groups in total. The van der Waals surface area contributed by atoms with E-state index < -0.39 is 5.60 Å². The Bertz CT molecular complexity index is 1540. The van der Waals surface area contributed by atoms with Gasteiger partial charge in [0.25, 0.3) is 0 Å². The summed E-state index contributed by atoms with van der Waals surface area (Å²) in [6.07, 6.45) is 0. The number of carbonyl (C=O) groups is 1. The summed E-state index contributed by atoms with van der Waals surface area (Å²) in [6.45, 7) is 6.20. The molecule has 2 aliphatic heterocycles. The Morgan fingerprint density at radius 1 is 0.806 bits per heavy atom. The van der Waals surface area contributed by atoms with Crippen LogP contribution in [0.25, 0.3) is 0 Å². The van der Waals surface area contributed by atoms with E-state index in [1.807, 2.05) is 63.5 Å². The van der Waals surface area contributed by atoms with Crippen LogP contribution in [0.4, 0.5) is 17.1 Å². The predicted octanol–water partition coefficient (Wildman–Crippen LogP) is 6.99. The highest BCUT2D eigenvalue weighted by Crippen LogP contribution is 2.58. The number of rotatable bonds is 3. The molecule has 4 aromatic carbocycles. The second-order valence-corrected chi connectivity index (χ2v) is 9.84. The van der Waals surface area contributed by atoms with Gasteiger partial charge in [-0.15, -0.1) is 0 Å². The second kappa shape index (κ2) is 7.89. The van der Waals surface area contributed by atoms with Gasteiger partial charge in [0.05, 0.1) is 11.1 Å². The molecule has 2 aliphatic rings. The molecule has 1 unspecified atom stereocenters. The van der Waals surface area contributed by atoms with E-state index in [4.69, 9.17) is 9.47 Å². The second-order valence-electron chi connectivity index (χ2n) is 9.84. The van der Waals surface area contributed by atoms with Crippen LogP contribution < -0.4 is 15.0 Å². The molecule has 0 aromatic heterocycles. The van der Waals surface area contributed by atoms with Gasteiger partial charge in [-0.05, 0) is 79.9 Å². The van der Waals surface area contributed by atoms with E-state index >= 15 is 0 Å². The van der Waals surface area contributed by atoms with Gasteiger partial charge in [0, 0.05) is 48.4 Å². The van der Waals surface area contributed by atoms with Crippen molar-refractivity contribution in [1.82, 2.24) is 0 Å². The third kappa shape index (κ3) is 3.12. The van der Waals surface area contributed by atoms with Crippen LogP contribution in [0.3, 0.4) is 0 Å². The third-order valence-corrected chi connectivity index (χ3v) is 7.35. The molecule has 36 heavy (non-hydrogen) atoms. The maximum Gasteiger partial charge on any atom is 0.340 e. The van der Waals surface area contributed by atoms with Crippen LogP contribution in [0.5, 0.6) is 11.5 Å². The molecule has 5 nitrogen and oxygen atoms in total. The van der Waals surface area contributed by atoms with Gasteiger partial charge in [-0.2, -0.15) is 0 Å². The highest BCUT2D eigenvalue weighted by Gasteiger charge is 2.54. The van der Waals surface area contributed by atoms with Gasteiger partial charge in [-0.25, -0.2) is 4.79 Å². The topological polar surface area (TPSA) is 50.8 Å². The maximum atomic E-state index is 13.1. The van der Waals surface area contributed by atoms with Gasteiger partial charge >= 0.3 is 5.97 Å². The van der Waals surface area contributed by atoms with Gasteiger partial charge in [-0.3, -0.25) is 0 Å². The number of anilines is 3. The van der Waals surface area contributed by atoms with E-state index in [1.54, 1.807) is 0 Å². The molecular weight excluding hydrogens is 448 g/mol. The summed E-state index contributed by atoms with van der Waals surface area (Å²) in [7, 11) is 4.05. The first-order chi connectivity index (χ1) is 17.3. The van der Waals surface area contributed by atoms with Crippen molar-refractivity contribution in [1.29, 1.82) is 0 Å². The lowest BCUT2D eigenvalue weighted by Gasteiger charge is -2.39. The van der Waals surface area contributed by atoms with Crippen molar-refractivity contribution >= 4 is 23.0 Å². The molecule has 0 bridgehead atoms. The lowest BCUT2D eigenvalue weighted by Crippen LogP contribution is -2.34. The van der Waals surface area contributed by atoms with Gasteiger partial charge in [0.15, 0.2) is 5.60 Å². The Morgan fingerprint density at radius 3 is 2.28 bits per heavy atom. The van der Waals surface area contributed by atoms with Crippen molar-refractivity contribution < 1.29 is 14.3 Å². The Hall–Kier alpha value is -4.25. The van der Waals surface area contributed by atoms with Crippen LogP contribution in [-0.2, 0) is 10.3 Å². The van der Waals surface area contributed by atoms with Crippen LogP contribution in [-0.4, -0.2) is 20.1 Å². The zero-order valence-electron chi connectivity index (χ0n) is 21.1. The summed E-state index contributed by atoms with van der Waals surface area (Å²) in [4.78, 5) is 15.2. The molecule has 0 aliphatic carbocycles. The number of fused-ring (bicyclic) bond motifs is 6. The summed E-state index contributed by atoms with van der Waals surface area (Å²) in [5.74, 6) is 1.11. The summed E-state index contributed by atoms with van der Waals surface area (Å²) in [6, 6.07) is 24.1. The highest BCUT2D eigenvalue weighted by atomic mass is 16.6. The molecule has 0 saturated carbocycles. The van der Waals surface area contributed by atoms with E-state index in [0.717, 1.165) is 56.2 Å². The smallest absolute Gasteiger partial charge is 0.340 e. The van der Waals surface area contributed by atoms with E-state index in [-0.39, 0.29) is 5.97 Å². The predicted molar refractivity (Wildman–Crippen MR) is 143 cm³/mol. The average Bonchev–Trinajstić information content (AvgIpc) is 3.15. The monoisotopic (exact) mass is 476 g/mol. The first kappa shape index (κ1) is 22.2. The quantitative estimate of drug-likeness (QED) is 0.323. The number of benzene rings is 4. The third-order valence-electron chi connectivity index (χ3n) is 7.35. The molecule has 180 valence electrons. The number of nitrogens with one attached hydrogen (secondary N) is 1. The van der Waals surface area contributed by atoms with Crippen molar-refractivity contribution in [2.24, 2.45) is 0 Å². The number of aryl methyl sites for hydroxylation is 2. The summed E-state index contributed by atoms with van der Waals surface area (Å²) in [5.41, 5.74) is 8.35. The standard InChI is InChI=1S/C31H28N2O3/c1-18-16-19(2)29-28(20(18)3)31(25-9-7-6-8-24(25)30(34)36-31)26-15-12-22(17-27(26)35-29)32-21-10-13-23(14-11-21)33(4)5/h6-17,32H,1-5H3. The first-order valence-electron chi connectivity index (χ1n) is 12.1. The fourth-order valence-electron chi connectivity index (χ4n) is 5.45. The molecule has 2 heterocycles. The molecular formula is C31H28N2O3. The van der Waals surface area contributed by atoms with E-state index in [1.165, 1.54) is 0 Å². The molecule has 1 atom stereocenters. The normalized spacial score (nSPS) is 17.1. The fraction of sp³-hybridized carbons (Fsp3) is 0.194. The van der Waals surface area contributed by atoms with Crippen LogP contribution in [0.1, 0.15) is 43.7 Å². The van der Waals surface area contributed by atoms with Crippen molar-refractivity contribution in [2.45, 2.75) is 26.4 Å². The van der Waals surface area contributed by atoms with Crippen LogP contribution in [0.2, 0.25) is 0 Å². The van der Waals surface area contributed by atoms with Gasteiger partial charge in [-0.1, -0.05) is 24.3 Å². The highest BCUT2D eigenvalue weighted by molar-refractivity contribution is 5.97. The van der Waals surface area contributed by atoms with E-state index in [9.17, 15) is 4.79 Å². The van der Waals surface area contributed by atoms with E-state index in [2.05, 4.69) is 54.4 Å². The summed E-state index contributed by atoms with van der Waals surface area (Å²) in [5, 5.41) is 3.48. The van der Waals surface area contributed by atoms with Gasteiger partial charge in [0.1, 0.15) is 11.5 Å². The largest absolute Gasteiger partial charge is 0.456 e. The summed E-state index contributed by atoms with van der Waals surface area (Å²) >= 11 is 0. The molecule has 4 aromatic rings. The first-order valence-corrected chi connectivity index (χ1v) is 12.1. The van der Waals surface area contributed by atoms with Crippen molar-refractivity contribution in [3.05, 3.63) is 112 Å². The number of carbonyl (C=O) groups excluding carboxylic acids is 1. The Labute approximate surface area is 211 Å². The van der Waals surface area contributed by atoms with Crippen molar-refractivity contribution in [3.8, 4) is 11.5 Å². The molecule has 6 rings (SSSR count). The average molecular weight is 477 g/mol. The Kier molecular flexibility index (Phi) is 4.87. The minimum atomic E-state index is -1.05. The van der Waals surface area contributed by atoms with Crippen LogP contribution in [0.15, 0.2) is 72.8 Å². The fourth-order valence-corrected chi connectivity index (χ4v) is 5.45. The van der Waals surface area contributed by atoms with Crippen LogP contribution >= 0.6 is 0 Å². The Balaban J connectivity index is 1.53. The molecule has 0 saturated heterocycles. The Morgan fingerprint density at radius 2 is 1.53 bits per heavy atom. The minimum Gasteiger partial charge on any atom is -0.456 e. The van der Waals surface area contributed by atoms with Gasteiger partial charge < -0.3 is 19.7 Å². The lowest BCUT2D eigenvalue weighted by molar-refractivity contribution is 0.0222. The molecule has 1 spiro atoms. The minimum absolute atomic E-state index is 0.314. The van der Waals surface area contributed by atoms with E-state index in [0.29, 0.717) is 11.3 Å². The molecule has 5 heteroatoms. The number of hydrogen-bond acceptors (Lipinski definition) is 5. The molecule has 0 fully saturated rings. The number of esters is 1. The maximum absolute atomic E-state index is 13.1. The van der Waals surface area contributed by atoms with Crippen LogP contribution in [0, 0.1) is 20.8 Å². The molecule has 0 radical (unpaired) electrons. The zero-order chi connectivity index (χ0) is 25.2. The lowest BCUT2D eigenvalue weighted by atomic mass is 9.74. The van der Waals surface area contributed by atoms with Crippen molar-refractivity contribution in [3.63, 3.8) is 0 Å². The van der Waals surface area contributed by atoms with Gasteiger partial charge in [0.2, 0.25) is 0 Å². The zero-order valence-corrected chi connectivity index (χ0v) is 21.1. The number of ether oxygens (including phenoxy) is 2. The number of hydrogen-bond donors (Lipinski definition) is 1.